The van der Waals surface area contributed by atoms with Gasteiger partial charge in [-0.2, -0.15) is 0 Å². The Labute approximate surface area is 124 Å². The smallest absolute Gasteiger partial charge is 0.122 e. The second kappa shape index (κ2) is 5.42. The molecule has 1 aliphatic heterocycles. The zero-order valence-corrected chi connectivity index (χ0v) is 14.0. The van der Waals surface area contributed by atoms with Gasteiger partial charge in [-0.3, -0.25) is 0 Å². The van der Waals surface area contributed by atoms with Gasteiger partial charge in [-0.25, -0.2) is 0 Å². The summed E-state index contributed by atoms with van der Waals surface area (Å²) in [6.07, 6.45) is 2.34. The molecule has 0 bridgehead atoms. The molecule has 0 saturated carbocycles. The zero-order valence-electron chi connectivity index (χ0n) is 14.0. The average Bonchev–Trinajstić information content (AvgIpc) is 2.57. The molecule has 0 radical (unpaired) electrons. The maximum Gasteiger partial charge on any atom is 0.122 e. The van der Waals surface area contributed by atoms with E-state index in [1.165, 1.54) is 12.0 Å². The van der Waals surface area contributed by atoms with E-state index < -0.39 is 0 Å². The van der Waals surface area contributed by atoms with Crippen LogP contribution in [0.25, 0.3) is 0 Å². The molecule has 1 aromatic carbocycles. The molecule has 0 saturated heterocycles. The van der Waals surface area contributed by atoms with Crippen LogP contribution in [0.15, 0.2) is 24.3 Å². The van der Waals surface area contributed by atoms with Crippen molar-refractivity contribution in [2.24, 2.45) is 16.7 Å². The summed E-state index contributed by atoms with van der Waals surface area (Å²) in [6.45, 7) is 15.1. The van der Waals surface area contributed by atoms with Crippen molar-refractivity contribution >= 4 is 0 Å². The van der Waals surface area contributed by atoms with Gasteiger partial charge in [0.05, 0.1) is 6.61 Å². The van der Waals surface area contributed by atoms with Crippen LogP contribution in [0.5, 0.6) is 5.75 Å². The summed E-state index contributed by atoms with van der Waals surface area (Å²) in [5, 5.41) is 0. The van der Waals surface area contributed by atoms with Gasteiger partial charge in [0.25, 0.3) is 0 Å². The minimum absolute atomic E-state index is 0.293. The highest BCUT2D eigenvalue weighted by Crippen LogP contribution is 2.53. The normalized spacial score (nSPS) is 23.7. The van der Waals surface area contributed by atoms with Crippen molar-refractivity contribution in [3.05, 3.63) is 29.8 Å². The van der Waals surface area contributed by atoms with Crippen LogP contribution >= 0.6 is 0 Å². The fraction of sp³-hybridized carbons (Fsp3) is 0.684. The number of benzene rings is 1. The van der Waals surface area contributed by atoms with Crippen LogP contribution in [-0.2, 0) is 0 Å². The van der Waals surface area contributed by atoms with E-state index in [0.29, 0.717) is 22.7 Å². The zero-order chi connectivity index (χ0) is 15.0. The lowest BCUT2D eigenvalue weighted by atomic mass is 9.59. The van der Waals surface area contributed by atoms with Crippen molar-refractivity contribution in [1.82, 2.24) is 0 Å². The number of rotatable bonds is 2. The first-order chi connectivity index (χ1) is 9.27. The van der Waals surface area contributed by atoms with Crippen molar-refractivity contribution in [1.29, 1.82) is 0 Å². The fourth-order valence-corrected chi connectivity index (χ4v) is 3.67. The standard InChI is InChI=1S/C19H30O/c1-7-19(5,6)17-14-10-8-9-11-16(14)20-13-12-15(17)18(2,3)4/h8-11,15,17H,7,12-13H2,1-6H3. The molecule has 2 rings (SSSR count). The molecule has 2 unspecified atom stereocenters. The third-order valence-corrected chi connectivity index (χ3v) is 5.21. The summed E-state index contributed by atoms with van der Waals surface area (Å²) < 4.78 is 6.04. The van der Waals surface area contributed by atoms with E-state index >= 15 is 0 Å². The van der Waals surface area contributed by atoms with Gasteiger partial charge in [-0.15, -0.1) is 0 Å². The maximum atomic E-state index is 6.04. The van der Waals surface area contributed by atoms with E-state index in [-0.39, 0.29) is 0 Å². The van der Waals surface area contributed by atoms with Gasteiger partial charge in [0.1, 0.15) is 5.75 Å². The van der Waals surface area contributed by atoms with Crippen LogP contribution in [0.1, 0.15) is 65.9 Å². The summed E-state index contributed by atoms with van der Waals surface area (Å²) in [6, 6.07) is 8.67. The van der Waals surface area contributed by atoms with Crippen molar-refractivity contribution < 1.29 is 4.74 Å². The molecule has 1 aromatic rings. The molecule has 2 atom stereocenters. The third kappa shape index (κ3) is 2.87. The topological polar surface area (TPSA) is 9.23 Å². The summed E-state index contributed by atoms with van der Waals surface area (Å²) in [4.78, 5) is 0. The lowest BCUT2D eigenvalue weighted by Crippen LogP contribution is -2.35. The largest absolute Gasteiger partial charge is 0.493 e. The Morgan fingerprint density at radius 2 is 1.75 bits per heavy atom. The number of ether oxygens (including phenoxy) is 1. The Morgan fingerprint density at radius 1 is 1.10 bits per heavy atom. The van der Waals surface area contributed by atoms with E-state index in [9.17, 15) is 0 Å². The molecule has 0 amide bonds. The predicted molar refractivity (Wildman–Crippen MR) is 86.3 cm³/mol. The number of hydrogen-bond acceptors (Lipinski definition) is 1. The first-order valence-corrected chi connectivity index (χ1v) is 7.99. The van der Waals surface area contributed by atoms with E-state index in [1.54, 1.807) is 0 Å². The van der Waals surface area contributed by atoms with E-state index in [4.69, 9.17) is 4.74 Å². The van der Waals surface area contributed by atoms with E-state index in [2.05, 4.69) is 65.8 Å². The van der Waals surface area contributed by atoms with Crippen LogP contribution in [0.4, 0.5) is 0 Å². The van der Waals surface area contributed by atoms with Gasteiger partial charge >= 0.3 is 0 Å². The molecule has 112 valence electrons. The highest BCUT2D eigenvalue weighted by molar-refractivity contribution is 5.39. The Morgan fingerprint density at radius 3 is 2.35 bits per heavy atom. The van der Waals surface area contributed by atoms with Gasteiger partial charge in [-0.1, -0.05) is 66.2 Å². The second-order valence-corrected chi connectivity index (χ2v) is 7.97. The SMILES string of the molecule is CCC(C)(C)C1c2ccccc2OCCC1C(C)(C)C. The van der Waals surface area contributed by atoms with E-state index in [1.807, 2.05) is 0 Å². The van der Waals surface area contributed by atoms with Crippen LogP contribution in [0, 0.1) is 16.7 Å². The molecule has 20 heavy (non-hydrogen) atoms. The Hall–Kier alpha value is -0.980. The minimum atomic E-state index is 0.293. The molecule has 1 aliphatic rings. The van der Waals surface area contributed by atoms with Crippen LogP contribution in [-0.4, -0.2) is 6.61 Å². The second-order valence-electron chi connectivity index (χ2n) is 7.97. The molecule has 0 aromatic heterocycles. The monoisotopic (exact) mass is 274 g/mol. The van der Waals surface area contributed by atoms with Crippen LogP contribution in [0.3, 0.4) is 0 Å². The third-order valence-electron chi connectivity index (χ3n) is 5.21. The molecular formula is C19H30O. The average molecular weight is 274 g/mol. The molecule has 1 nitrogen and oxygen atoms in total. The summed E-state index contributed by atoms with van der Waals surface area (Å²) in [5.74, 6) is 2.32. The van der Waals surface area contributed by atoms with Gasteiger partial charge in [-0.05, 0) is 40.7 Å². The lowest BCUT2D eigenvalue weighted by Gasteiger charge is -2.44. The summed E-state index contributed by atoms with van der Waals surface area (Å²) in [5.41, 5.74) is 2.01. The molecule has 1 heterocycles. The van der Waals surface area contributed by atoms with Gasteiger partial charge in [0.2, 0.25) is 0 Å². The Balaban J connectivity index is 2.56. The number of hydrogen-bond donors (Lipinski definition) is 0. The van der Waals surface area contributed by atoms with Gasteiger partial charge < -0.3 is 4.74 Å². The fourth-order valence-electron chi connectivity index (χ4n) is 3.67. The summed E-state index contributed by atoms with van der Waals surface area (Å²) in [7, 11) is 0. The first kappa shape index (κ1) is 15.4. The van der Waals surface area contributed by atoms with E-state index in [0.717, 1.165) is 18.8 Å². The lowest BCUT2D eigenvalue weighted by molar-refractivity contribution is 0.102. The molecular weight excluding hydrogens is 244 g/mol. The number of para-hydroxylation sites is 1. The van der Waals surface area contributed by atoms with Crippen molar-refractivity contribution in [3.63, 3.8) is 0 Å². The quantitative estimate of drug-likeness (QED) is 0.677. The Bertz CT molecular complexity index is 453. The van der Waals surface area contributed by atoms with Crippen LogP contribution in [0.2, 0.25) is 0 Å². The molecule has 0 aliphatic carbocycles. The van der Waals surface area contributed by atoms with Gasteiger partial charge in [0, 0.05) is 0 Å². The highest BCUT2D eigenvalue weighted by Gasteiger charge is 2.43. The molecule has 0 N–H and O–H groups in total. The van der Waals surface area contributed by atoms with Gasteiger partial charge in [0.15, 0.2) is 0 Å². The predicted octanol–water partition coefficient (Wildman–Crippen LogP) is 5.65. The minimum Gasteiger partial charge on any atom is -0.493 e. The molecule has 0 spiro atoms. The first-order valence-electron chi connectivity index (χ1n) is 7.99. The highest BCUT2D eigenvalue weighted by atomic mass is 16.5. The van der Waals surface area contributed by atoms with Crippen LogP contribution < -0.4 is 4.74 Å². The number of fused-ring (bicyclic) bond motifs is 1. The Kier molecular flexibility index (Phi) is 4.18. The summed E-state index contributed by atoms with van der Waals surface area (Å²) >= 11 is 0. The molecule has 0 fully saturated rings. The van der Waals surface area contributed by atoms with Crippen molar-refractivity contribution in [2.75, 3.05) is 6.61 Å². The molecule has 1 heteroatoms. The van der Waals surface area contributed by atoms with Crippen molar-refractivity contribution in [2.45, 2.75) is 60.3 Å². The maximum absolute atomic E-state index is 6.04. The van der Waals surface area contributed by atoms with Crippen molar-refractivity contribution in [3.8, 4) is 5.75 Å².